The number of sulfone groups is 1. The molecule has 1 heterocycles. The van der Waals surface area contributed by atoms with E-state index in [2.05, 4.69) is 5.32 Å². The minimum absolute atomic E-state index is 0.0629. The predicted octanol–water partition coefficient (Wildman–Crippen LogP) is 2.52. The Kier molecular flexibility index (Phi) is 4.60. The Balaban J connectivity index is 2.24. The molecular weight excluding hydrogens is 302 g/mol. The van der Waals surface area contributed by atoms with E-state index in [0.717, 1.165) is 22.1 Å². The van der Waals surface area contributed by atoms with Crippen LogP contribution in [0.3, 0.4) is 0 Å². The molecule has 0 aliphatic carbocycles. The van der Waals surface area contributed by atoms with E-state index < -0.39 is 9.84 Å². The Morgan fingerprint density at radius 2 is 1.82 bits per heavy atom. The monoisotopic (exact) mass is 323 g/mol. The summed E-state index contributed by atoms with van der Waals surface area (Å²) in [4.78, 5) is 12.2. The van der Waals surface area contributed by atoms with Crippen LogP contribution in [0.25, 0.3) is 11.0 Å². The van der Waals surface area contributed by atoms with Crippen molar-refractivity contribution in [2.75, 3.05) is 18.1 Å². The number of furan rings is 1. The molecule has 6 heteroatoms. The van der Waals surface area contributed by atoms with E-state index in [-0.39, 0.29) is 29.7 Å². The van der Waals surface area contributed by atoms with Crippen LogP contribution in [-0.2, 0) is 9.84 Å². The SMILES string of the molecule is CCS(=O)(=O)CCNC(=O)c1oc2c(C)ccc(C)c2c1C. The number of fused-ring (bicyclic) bond motifs is 1. The molecule has 120 valence electrons. The first kappa shape index (κ1) is 16.5. The van der Waals surface area contributed by atoms with Crippen molar-refractivity contribution >= 4 is 26.7 Å². The molecular formula is C16H21NO4S. The minimum atomic E-state index is -3.09. The third kappa shape index (κ3) is 3.16. The van der Waals surface area contributed by atoms with Gasteiger partial charge in [-0.15, -0.1) is 0 Å². The largest absolute Gasteiger partial charge is 0.450 e. The van der Waals surface area contributed by atoms with Gasteiger partial charge in [-0.2, -0.15) is 0 Å². The Labute approximate surface area is 130 Å². The zero-order valence-corrected chi connectivity index (χ0v) is 14.1. The average Bonchev–Trinajstić information content (AvgIpc) is 2.82. The van der Waals surface area contributed by atoms with Crippen molar-refractivity contribution in [1.82, 2.24) is 5.32 Å². The number of hydrogen-bond acceptors (Lipinski definition) is 4. The lowest BCUT2D eigenvalue weighted by atomic mass is 10.0. The Morgan fingerprint density at radius 3 is 2.41 bits per heavy atom. The molecule has 0 fully saturated rings. The molecule has 0 atom stereocenters. The normalized spacial score (nSPS) is 11.8. The zero-order chi connectivity index (χ0) is 16.5. The number of benzene rings is 1. The van der Waals surface area contributed by atoms with Gasteiger partial charge in [-0.3, -0.25) is 4.79 Å². The van der Waals surface area contributed by atoms with Gasteiger partial charge in [0.25, 0.3) is 5.91 Å². The fourth-order valence-electron chi connectivity index (χ4n) is 2.44. The van der Waals surface area contributed by atoms with Crippen molar-refractivity contribution in [2.24, 2.45) is 0 Å². The number of nitrogens with one attached hydrogen (secondary N) is 1. The standard InChI is InChI=1S/C16H21NO4S/c1-5-22(19,20)9-8-17-16(18)15-12(4)13-10(2)6-7-11(3)14(13)21-15/h6-7H,5,8-9H2,1-4H3,(H,17,18). The highest BCUT2D eigenvalue weighted by molar-refractivity contribution is 7.91. The van der Waals surface area contributed by atoms with Crippen LogP contribution in [0.5, 0.6) is 0 Å². The van der Waals surface area contributed by atoms with Gasteiger partial charge in [0.1, 0.15) is 5.58 Å². The maximum atomic E-state index is 12.2. The highest BCUT2D eigenvalue weighted by Crippen LogP contribution is 2.30. The summed E-state index contributed by atoms with van der Waals surface area (Å²) in [7, 11) is -3.09. The van der Waals surface area contributed by atoms with E-state index in [1.165, 1.54) is 0 Å². The maximum Gasteiger partial charge on any atom is 0.287 e. The van der Waals surface area contributed by atoms with Crippen LogP contribution in [0.15, 0.2) is 16.5 Å². The molecule has 1 aromatic carbocycles. The van der Waals surface area contributed by atoms with Gasteiger partial charge in [-0.1, -0.05) is 19.1 Å². The number of amides is 1. The summed E-state index contributed by atoms with van der Waals surface area (Å²) in [5.74, 6) is -0.114. The number of carbonyl (C=O) groups excluding carboxylic acids is 1. The number of aryl methyl sites for hydroxylation is 3. The second-order valence-electron chi connectivity index (χ2n) is 5.45. The molecule has 2 aromatic rings. The second kappa shape index (κ2) is 6.12. The third-order valence-electron chi connectivity index (χ3n) is 3.83. The molecule has 22 heavy (non-hydrogen) atoms. The lowest BCUT2D eigenvalue weighted by Crippen LogP contribution is -2.29. The fourth-order valence-corrected chi connectivity index (χ4v) is 3.14. The van der Waals surface area contributed by atoms with Crippen LogP contribution < -0.4 is 5.32 Å². The van der Waals surface area contributed by atoms with Crippen molar-refractivity contribution in [3.05, 3.63) is 34.6 Å². The summed E-state index contributed by atoms with van der Waals surface area (Å²) >= 11 is 0. The highest BCUT2D eigenvalue weighted by atomic mass is 32.2. The summed E-state index contributed by atoms with van der Waals surface area (Å²) in [6.07, 6.45) is 0. The first-order chi connectivity index (χ1) is 10.3. The van der Waals surface area contributed by atoms with Gasteiger partial charge < -0.3 is 9.73 Å². The van der Waals surface area contributed by atoms with E-state index in [0.29, 0.717) is 5.58 Å². The van der Waals surface area contributed by atoms with Crippen LogP contribution in [0, 0.1) is 20.8 Å². The molecule has 2 rings (SSSR count). The summed E-state index contributed by atoms with van der Waals surface area (Å²) in [5.41, 5.74) is 3.52. The smallest absolute Gasteiger partial charge is 0.287 e. The minimum Gasteiger partial charge on any atom is -0.450 e. The first-order valence-electron chi connectivity index (χ1n) is 7.24. The van der Waals surface area contributed by atoms with E-state index in [1.807, 2.05) is 32.9 Å². The molecule has 0 saturated carbocycles. The molecule has 1 amide bonds. The molecule has 1 N–H and O–H groups in total. The van der Waals surface area contributed by atoms with E-state index in [9.17, 15) is 13.2 Å². The molecule has 0 aliphatic heterocycles. The summed E-state index contributed by atoms with van der Waals surface area (Å²) < 4.78 is 28.6. The molecule has 0 radical (unpaired) electrons. The topological polar surface area (TPSA) is 76.4 Å². The fraction of sp³-hybridized carbons (Fsp3) is 0.438. The quantitative estimate of drug-likeness (QED) is 0.917. The molecule has 0 bridgehead atoms. The summed E-state index contributed by atoms with van der Waals surface area (Å²) in [6.45, 7) is 7.42. The van der Waals surface area contributed by atoms with Crippen molar-refractivity contribution in [1.29, 1.82) is 0 Å². The molecule has 0 unspecified atom stereocenters. The summed E-state index contributed by atoms with van der Waals surface area (Å²) in [5, 5.41) is 3.57. The Bertz CT molecular complexity index is 818. The van der Waals surface area contributed by atoms with Gasteiger partial charge in [-0.25, -0.2) is 8.42 Å². The first-order valence-corrected chi connectivity index (χ1v) is 9.07. The van der Waals surface area contributed by atoms with Crippen LogP contribution in [0.4, 0.5) is 0 Å². The van der Waals surface area contributed by atoms with Crippen LogP contribution in [-0.4, -0.2) is 32.4 Å². The zero-order valence-electron chi connectivity index (χ0n) is 13.3. The Hall–Kier alpha value is -1.82. The number of hydrogen-bond donors (Lipinski definition) is 1. The van der Waals surface area contributed by atoms with Gasteiger partial charge in [0, 0.05) is 23.2 Å². The van der Waals surface area contributed by atoms with Crippen molar-refractivity contribution < 1.29 is 17.6 Å². The molecule has 0 aliphatic rings. The van der Waals surface area contributed by atoms with E-state index in [4.69, 9.17) is 4.42 Å². The third-order valence-corrected chi connectivity index (χ3v) is 5.53. The van der Waals surface area contributed by atoms with Crippen LogP contribution >= 0.6 is 0 Å². The van der Waals surface area contributed by atoms with Crippen molar-refractivity contribution in [2.45, 2.75) is 27.7 Å². The molecule has 0 spiro atoms. The molecule has 5 nitrogen and oxygen atoms in total. The maximum absolute atomic E-state index is 12.2. The molecule has 0 saturated heterocycles. The second-order valence-corrected chi connectivity index (χ2v) is 7.92. The van der Waals surface area contributed by atoms with Crippen molar-refractivity contribution in [3.63, 3.8) is 0 Å². The lowest BCUT2D eigenvalue weighted by Gasteiger charge is -2.04. The number of rotatable bonds is 5. The van der Waals surface area contributed by atoms with Crippen LogP contribution in [0.2, 0.25) is 0 Å². The summed E-state index contributed by atoms with van der Waals surface area (Å²) in [6, 6.07) is 3.95. The van der Waals surface area contributed by atoms with Gasteiger partial charge in [0.05, 0.1) is 5.75 Å². The van der Waals surface area contributed by atoms with Crippen LogP contribution in [0.1, 0.15) is 34.2 Å². The van der Waals surface area contributed by atoms with Gasteiger partial charge in [-0.05, 0) is 31.9 Å². The van der Waals surface area contributed by atoms with Crippen molar-refractivity contribution in [3.8, 4) is 0 Å². The number of carbonyl (C=O) groups is 1. The van der Waals surface area contributed by atoms with E-state index >= 15 is 0 Å². The highest BCUT2D eigenvalue weighted by Gasteiger charge is 2.20. The lowest BCUT2D eigenvalue weighted by molar-refractivity contribution is 0.0930. The van der Waals surface area contributed by atoms with Gasteiger partial charge >= 0.3 is 0 Å². The van der Waals surface area contributed by atoms with Gasteiger partial charge in [0.2, 0.25) is 0 Å². The average molecular weight is 323 g/mol. The van der Waals surface area contributed by atoms with E-state index in [1.54, 1.807) is 6.92 Å². The predicted molar refractivity (Wildman–Crippen MR) is 87.1 cm³/mol. The molecule has 1 aromatic heterocycles. The van der Waals surface area contributed by atoms with Gasteiger partial charge in [0.15, 0.2) is 15.6 Å². The Morgan fingerprint density at radius 1 is 1.18 bits per heavy atom.